The first kappa shape index (κ1) is 16.5. The van der Waals surface area contributed by atoms with Crippen molar-refractivity contribution in [2.45, 2.75) is 36.4 Å². The molecule has 126 valence electrons. The van der Waals surface area contributed by atoms with Gasteiger partial charge < -0.3 is 14.4 Å². The summed E-state index contributed by atoms with van der Waals surface area (Å²) < 4.78 is 11.6. The summed E-state index contributed by atoms with van der Waals surface area (Å²) in [5.41, 5.74) is 0. The summed E-state index contributed by atoms with van der Waals surface area (Å²) in [4.78, 5) is 27.4. The second-order valence-corrected chi connectivity index (χ2v) is 7.68. The number of thioether (sulfide) groups is 1. The number of anilines is 1. The van der Waals surface area contributed by atoms with Gasteiger partial charge in [0.2, 0.25) is 11.4 Å². The molecule has 2 aliphatic rings. The lowest BCUT2D eigenvalue weighted by atomic mass is 10.2. The summed E-state index contributed by atoms with van der Waals surface area (Å²) in [6.07, 6.45) is 0.280. The molecule has 0 aliphatic carbocycles. The van der Waals surface area contributed by atoms with E-state index in [2.05, 4.69) is 10.2 Å². The minimum Gasteiger partial charge on any atom is -0.437 e. The quantitative estimate of drug-likeness (QED) is 0.449. The molecule has 2 atom stereocenters. The molecule has 0 bridgehead atoms. The Morgan fingerprint density at radius 1 is 1.52 bits per heavy atom. The molecule has 1 aromatic rings. The molecule has 2 unspecified atom stereocenters. The molecule has 0 radical (unpaired) electrons. The summed E-state index contributed by atoms with van der Waals surface area (Å²) in [7, 11) is 1.66. The molecule has 8 nitrogen and oxygen atoms in total. The van der Waals surface area contributed by atoms with Crippen molar-refractivity contribution in [1.29, 1.82) is 0 Å². The van der Waals surface area contributed by atoms with Crippen LogP contribution in [0.1, 0.15) is 19.8 Å². The Kier molecular flexibility index (Phi) is 5.02. The molecule has 3 heterocycles. The minimum atomic E-state index is -0.698. The molecule has 1 aromatic heterocycles. The molecule has 3 rings (SSSR count). The largest absolute Gasteiger partial charge is 0.437 e. The van der Waals surface area contributed by atoms with E-state index in [1.165, 1.54) is 21.1 Å². The zero-order chi connectivity index (χ0) is 16.4. The van der Waals surface area contributed by atoms with Crippen molar-refractivity contribution in [1.82, 2.24) is 15.1 Å². The number of urea groups is 1. The van der Waals surface area contributed by atoms with Crippen LogP contribution in [0, 0.1) is 0 Å². The van der Waals surface area contributed by atoms with Gasteiger partial charge in [-0.15, -0.1) is 10.2 Å². The van der Waals surface area contributed by atoms with Crippen LogP contribution >= 0.6 is 23.1 Å². The minimum absolute atomic E-state index is 0.251. The van der Waals surface area contributed by atoms with Gasteiger partial charge in [-0.05, 0) is 18.6 Å². The van der Waals surface area contributed by atoms with Gasteiger partial charge in [-0.2, -0.15) is 0 Å². The summed E-state index contributed by atoms with van der Waals surface area (Å²) in [6.45, 7) is 2.89. The van der Waals surface area contributed by atoms with E-state index in [0.717, 1.165) is 16.5 Å². The van der Waals surface area contributed by atoms with Crippen LogP contribution in [0.4, 0.5) is 9.93 Å². The van der Waals surface area contributed by atoms with Gasteiger partial charge in [0.15, 0.2) is 10.4 Å². The maximum Gasteiger partial charge on any atom is 0.337 e. The predicted molar refractivity (Wildman–Crippen MR) is 85.7 cm³/mol. The molecular weight excluding hydrogens is 340 g/mol. The van der Waals surface area contributed by atoms with Gasteiger partial charge in [0.1, 0.15) is 0 Å². The number of nitrogens with zero attached hydrogens (tertiary/aromatic N) is 4. The smallest absolute Gasteiger partial charge is 0.337 e. The van der Waals surface area contributed by atoms with Gasteiger partial charge in [0.05, 0.1) is 6.54 Å². The Labute approximate surface area is 142 Å². The highest BCUT2D eigenvalue weighted by molar-refractivity contribution is 8.01. The summed E-state index contributed by atoms with van der Waals surface area (Å²) >= 11 is 2.88. The molecule has 10 heteroatoms. The van der Waals surface area contributed by atoms with Gasteiger partial charge in [-0.1, -0.05) is 30.0 Å². The van der Waals surface area contributed by atoms with Crippen molar-refractivity contribution in [3.63, 3.8) is 0 Å². The third-order valence-electron chi connectivity index (χ3n) is 3.57. The summed E-state index contributed by atoms with van der Waals surface area (Å²) in [5.74, 6) is 0.452. The number of ether oxygens (including phenoxy) is 2. The van der Waals surface area contributed by atoms with Gasteiger partial charge in [0, 0.05) is 13.7 Å². The van der Waals surface area contributed by atoms with E-state index in [1.54, 1.807) is 18.8 Å². The van der Waals surface area contributed by atoms with E-state index in [-0.39, 0.29) is 6.03 Å². The van der Waals surface area contributed by atoms with Crippen LogP contribution in [0.25, 0.3) is 0 Å². The SMILES string of the molecule is CCSc1nnc(N2C(=O)N(C)CC2OC(=O)C2CCCO2)s1. The normalized spacial score (nSPS) is 24.5. The number of rotatable bonds is 5. The van der Waals surface area contributed by atoms with Crippen molar-refractivity contribution in [2.75, 3.05) is 30.9 Å². The van der Waals surface area contributed by atoms with Crippen molar-refractivity contribution >= 4 is 40.2 Å². The second kappa shape index (κ2) is 7.02. The Morgan fingerprint density at radius 2 is 2.35 bits per heavy atom. The lowest BCUT2D eigenvalue weighted by Gasteiger charge is -2.21. The van der Waals surface area contributed by atoms with Crippen LogP contribution in [-0.4, -0.2) is 65.4 Å². The van der Waals surface area contributed by atoms with Gasteiger partial charge in [-0.25, -0.2) is 14.5 Å². The molecule has 2 saturated heterocycles. The topological polar surface area (TPSA) is 84.9 Å². The molecule has 2 aliphatic heterocycles. The number of carbonyl (C=O) groups excluding carboxylic acids is 2. The third kappa shape index (κ3) is 3.43. The Hall–Kier alpha value is -1.39. The summed E-state index contributed by atoms with van der Waals surface area (Å²) in [5, 5.41) is 8.56. The third-order valence-corrected chi connectivity index (χ3v) is 5.50. The zero-order valence-electron chi connectivity index (χ0n) is 12.9. The highest BCUT2D eigenvalue weighted by atomic mass is 32.2. The predicted octanol–water partition coefficient (Wildman–Crippen LogP) is 1.57. The van der Waals surface area contributed by atoms with Crippen LogP contribution < -0.4 is 4.90 Å². The average Bonchev–Trinajstić information content (AvgIpc) is 3.23. The van der Waals surface area contributed by atoms with Crippen LogP contribution in [0.2, 0.25) is 0 Å². The number of hydrogen-bond acceptors (Lipinski definition) is 8. The maximum atomic E-state index is 12.3. The van der Waals surface area contributed by atoms with Crippen molar-refractivity contribution in [3.8, 4) is 0 Å². The van der Waals surface area contributed by atoms with Gasteiger partial charge in [0.25, 0.3) is 0 Å². The lowest BCUT2D eigenvalue weighted by molar-refractivity contribution is -0.158. The van der Waals surface area contributed by atoms with E-state index < -0.39 is 18.3 Å². The summed E-state index contributed by atoms with van der Waals surface area (Å²) in [6, 6.07) is -0.251. The molecule has 2 amide bonds. The van der Waals surface area contributed by atoms with E-state index in [9.17, 15) is 9.59 Å². The van der Waals surface area contributed by atoms with E-state index >= 15 is 0 Å². The highest BCUT2D eigenvalue weighted by Crippen LogP contribution is 2.32. The number of likely N-dealkylation sites (N-methyl/N-ethyl adjacent to an activating group) is 1. The van der Waals surface area contributed by atoms with Crippen LogP contribution in [0.15, 0.2) is 4.34 Å². The van der Waals surface area contributed by atoms with Gasteiger partial charge in [-0.3, -0.25) is 0 Å². The number of esters is 1. The first-order valence-corrected chi connectivity index (χ1v) is 9.23. The fraction of sp³-hybridized carbons (Fsp3) is 0.692. The first-order chi connectivity index (χ1) is 11.1. The number of carbonyl (C=O) groups is 2. The molecule has 0 spiro atoms. The van der Waals surface area contributed by atoms with E-state index in [0.29, 0.717) is 24.7 Å². The zero-order valence-corrected chi connectivity index (χ0v) is 14.6. The standard InChI is InChI=1S/C13H18N4O4S2/c1-3-22-12-15-14-11(23-12)17-9(7-16(2)13(17)19)21-10(18)8-5-4-6-20-8/h8-9H,3-7H2,1-2H3. The fourth-order valence-corrected chi connectivity index (χ4v) is 4.22. The van der Waals surface area contributed by atoms with Crippen molar-refractivity contribution < 1.29 is 19.1 Å². The highest BCUT2D eigenvalue weighted by Gasteiger charge is 2.42. The van der Waals surface area contributed by atoms with E-state index in [4.69, 9.17) is 9.47 Å². The van der Waals surface area contributed by atoms with Crippen molar-refractivity contribution in [3.05, 3.63) is 0 Å². The van der Waals surface area contributed by atoms with Crippen LogP contribution in [0.3, 0.4) is 0 Å². The number of amides is 2. The van der Waals surface area contributed by atoms with Crippen LogP contribution in [-0.2, 0) is 14.3 Å². The Bertz CT molecular complexity index is 590. The number of hydrogen-bond donors (Lipinski definition) is 0. The van der Waals surface area contributed by atoms with Crippen molar-refractivity contribution in [2.24, 2.45) is 0 Å². The molecule has 0 N–H and O–H groups in total. The lowest BCUT2D eigenvalue weighted by Crippen LogP contribution is -2.39. The first-order valence-electron chi connectivity index (χ1n) is 7.43. The fourth-order valence-electron chi connectivity index (χ4n) is 2.45. The molecule has 2 fully saturated rings. The van der Waals surface area contributed by atoms with Crippen LogP contribution in [0.5, 0.6) is 0 Å². The molecular formula is C13H18N4O4S2. The Balaban J connectivity index is 1.74. The average molecular weight is 358 g/mol. The number of aromatic nitrogens is 2. The Morgan fingerprint density at radius 3 is 3.04 bits per heavy atom. The molecule has 0 saturated carbocycles. The van der Waals surface area contributed by atoms with E-state index in [1.807, 2.05) is 6.92 Å². The molecule has 0 aromatic carbocycles. The maximum absolute atomic E-state index is 12.3. The second-order valence-electron chi connectivity index (χ2n) is 5.21. The van der Waals surface area contributed by atoms with Gasteiger partial charge >= 0.3 is 12.0 Å². The molecule has 23 heavy (non-hydrogen) atoms. The monoisotopic (exact) mass is 358 g/mol.